The zero-order valence-corrected chi connectivity index (χ0v) is 24.0. The van der Waals surface area contributed by atoms with Gasteiger partial charge < -0.3 is 34.3 Å². The summed E-state index contributed by atoms with van der Waals surface area (Å²) < 4.78 is 45.4. The molecule has 0 spiro atoms. The van der Waals surface area contributed by atoms with E-state index in [1.165, 1.54) is 32.6 Å². The number of fused-ring (bicyclic) bond motifs is 1. The lowest BCUT2D eigenvalue weighted by Crippen LogP contribution is -2.46. The number of amides is 1. The maximum Gasteiger partial charge on any atom is 0.247 e. The summed E-state index contributed by atoms with van der Waals surface area (Å²) in [4.78, 5) is 34.4. The van der Waals surface area contributed by atoms with Gasteiger partial charge in [0.2, 0.25) is 11.7 Å². The molecule has 1 saturated heterocycles. The Kier molecular flexibility index (Phi) is 8.58. The molecule has 224 valence electrons. The molecule has 5 rings (SSSR count). The average molecular weight is 592 g/mol. The molecule has 43 heavy (non-hydrogen) atoms. The van der Waals surface area contributed by atoms with E-state index in [0.717, 1.165) is 44.5 Å². The standard InChI is InChI=1S/C31H31F2N5O5/c1-5-27(39)36-21-14-19(38-11-9-37(6-2)10-12-38)7-8-20(21)35-26-16-22-18(17-34-26)13-25(43-22)31(40)28-29(32)23(41-3)15-24(42-4)30(28)33/h5,7-8,13-17H,1,6,9-12H2,2-4H3,(H,34,35)(H,36,39). The number of piperazine rings is 1. The molecule has 1 aliphatic heterocycles. The average Bonchev–Trinajstić information content (AvgIpc) is 3.45. The first kappa shape index (κ1) is 29.5. The Bertz CT molecular complexity index is 1670. The summed E-state index contributed by atoms with van der Waals surface area (Å²) in [7, 11) is 2.39. The molecule has 1 fully saturated rings. The molecule has 0 unspecified atom stereocenters. The number of benzene rings is 2. The predicted octanol–water partition coefficient (Wildman–Crippen LogP) is 5.36. The molecule has 10 nitrogen and oxygen atoms in total. The maximum atomic E-state index is 14.9. The Labute approximate surface area is 246 Å². The van der Waals surface area contributed by atoms with Crippen LogP contribution in [0.1, 0.15) is 23.0 Å². The van der Waals surface area contributed by atoms with Crippen LogP contribution >= 0.6 is 0 Å². The van der Waals surface area contributed by atoms with Gasteiger partial charge >= 0.3 is 0 Å². The lowest BCUT2D eigenvalue weighted by molar-refractivity contribution is -0.111. The fourth-order valence-electron chi connectivity index (χ4n) is 4.91. The summed E-state index contributed by atoms with van der Waals surface area (Å²) in [6.07, 6.45) is 2.64. The van der Waals surface area contributed by atoms with Crippen LogP contribution in [0.5, 0.6) is 11.5 Å². The molecule has 12 heteroatoms. The number of pyridine rings is 1. The minimum absolute atomic E-state index is 0.249. The SMILES string of the molecule is C=CC(=O)Nc1cc(N2CCN(CC)CC2)ccc1Nc1cc2oc(C(=O)c3c(F)c(OC)cc(OC)c3F)cc2cn1. The van der Waals surface area contributed by atoms with E-state index in [1.807, 2.05) is 18.2 Å². The monoisotopic (exact) mass is 591 g/mol. The number of furan rings is 1. The molecule has 0 aliphatic carbocycles. The van der Waals surface area contributed by atoms with Crippen LogP contribution < -0.4 is 25.0 Å². The fraction of sp³-hybridized carbons (Fsp3) is 0.258. The smallest absolute Gasteiger partial charge is 0.247 e. The van der Waals surface area contributed by atoms with E-state index in [4.69, 9.17) is 13.9 Å². The van der Waals surface area contributed by atoms with E-state index in [0.29, 0.717) is 22.6 Å². The van der Waals surface area contributed by atoms with Gasteiger partial charge in [0.15, 0.2) is 28.9 Å². The second-order valence-corrected chi connectivity index (χ2v) is 9.80. The molecule has 1 amide bonds. The Hall–Kier alpha value is -4.97. The molecule has 0 saturated carbocycles. The first-order valence-electron chi connectivity index (χ1n) is 13.6. The topological polar surface area (TPSA) is 109 Å². The predicted molar refractivity (Wildman–Crippen MR) is 160 cm³/mol. The van der Waals surface area contributed by atoms with Gasteiger partial charge in [0.05, 0.1) is 25.6 Å². The summed E-state index contributed by atoms with van der Waals surface area (Å²) in [5.74, 6) is -4.38. The highest BCUT2D eigenvalue weighted by atomic mass is 19.1. The van der Waals surface area contributed by atoms with Crippen molar-refractivity contribution in [2.75, 3.05) is 62.5 Å². The largest absolute Gasteiger partial charge is 0.494 e. The van der Waals surface area contributed by atoms with Gasteiger partial charge in [0.25, 0.3) is 0 Å². The van der Waals surface area contributed by atoms with Crippen LogP contribution in [0.15, 0.2) is 59.7 Å². The third kappa shape index (κ3) is 6.00. The van der Waals surface area contributed by atoms with E-state index < -0.39 is 23.0 Å². The Balaban J connectivity index is 1.43. The van der Waals surface area contributed by atoms with Gasteiger partial charge in [-0.05, 0) is 36.9 Å². The van der Waals surface area contributed by atoms with Crippen LogP contribution in [0.25, 0.3) is 11.0 Å². The molecule has 2 aromatic heterocycles. The molecule has 2 aromatic carbocycles. The number of nitrogens with one attached hydrogen (secondary N) is 2. The number of carbonyl (C=O) groups is 2. The van der Waals surface area contributed by atoms with E-state index in [1.54, 1.807) is 6.07 Å². The Morgan fingerprint density at radius 2 is 1.72 bits per heavy atom. The second-order valence-electron chi connectivity index (χ2n) is 9.80. The summed E-state index contributed by atoms with van der Waals surface area (Å²) in [5, 5.41) is 6.45. The maximum absolute atomic E-state index is 14.9. The number of anilines is 4. The van der Waals surface area contributed by atoms with Crippen LogP contribution in [-0.2, 0) is 4.79 Å². The van der Waals surface area contributed by atoms with E-state index in [-0.39, 0.29) is 28.7 Å². The highest BCUT2D eigenvalue weighted by Crippen LogP contribution is 2.35. The number of hydrogen-bond donors (Lipinski definition) is 2. The number of aromatic nitrogens is 1. The van der Waals surface area contributed by atoms with Gasteiger partial charge in [-0.1, -0.05) is 13.5 Å². The van der Waals surface area contributed by atoms with Crippen molar-refractivity contribution in [2.45, 2.75) is 6.92 Å². The molecule has 2 N–H and O–H groups in total. The van der Waals surface area contributed by atoms with Gasteiger partial charge in [-0.2, -0.15) is 0 Å². The van der Waals surface area contributed by atoms with Crippen LogP contribution in [0.2, 0.25) is 0 Å². The van der Waals surface area contributed by atoms with Crippen LogP contribution in [0.3, 0.4) is 0 Å². The lowest BCUT2D eigenvalue weighted by atomic mass is 10.1. The van der Waals surface area contributed by atoms with Crippen LogP contribution in [0, 0.1) is 11.6 Å². The van der Waals surface area contributed by atoms with Crippen molar-refractivity contribution in [1.29, 1.82) is 0 Å². The number of likely N-dealkylation sites (N-methyl/N-ethyl adjacent to an activating group) is 1. The molecular formula is C31H31F2N5O5. The minimum atomic E-state index is -1.17. The number of halogens is 2. The molecule has 3 heterocycles. The number of nitrogens with zero attached hydrogens (tertiary/aromatic N) is 3. The second kappa shape index (κ2) is 12.5. The highest BCUT2D eigenvalue weighted by Gasteiger charge is 2.28. The summed E-state index contributed by atoms with van der Waals surface area (Å²) in [6.45, 7) is 10.3. The van der Waals surface area contributed by atoms with E-state index in [9.17, 15) is 18.4 Å². The molecule has 0 bridgehead atoms. The fourth-order valence-corrected chi connectivity index (χ4v) is 4.91. The van der Waals surface area contributed by atoms with Crippen LogP contribution in [0.4, 0.5) is 31.7 Å². The van der Waals surface area contributed by atoms with Gasteiger partial charge in [0, 0.05) is 55.6 Å². The van der Waals surface area contributed by atoms with Crippen molar-refractivity contribution in [1.82, 2.24) is 9.88 Å². The first-order valence-corrected chi connectivity index (χ1v) is 13.6. The number of hydrogen-bond acceptors (Lipinski definition) is 9. The van der Waals surface area contributed by atoms with Crippen molar-refractivity contribution in [3.8, 4) is 11.5 Å². The van der Waals surface area contributed by atoms with Gasteiger partial charge in [0.1, 0.15) is 17.0 Å². The summed E-state index contributed by atoms with van der Waals surface area (Å²) in [6, 6.07) is 9.60. The number of carbonyl (C=O) groups excluding carboxylic acids is 2. The number of methoxy groups -OCH3 is 2. The Morgan fingerprint density at radius 1 is 1.02 bits per heavy atom. The van der Waals surface area contributed by atoms with Gasteiger partial charge in [-0.25, -0.2) is 13.8 Å². The molecule has 0 atom stereocenters. The third-order valence-electron chi connectivity index (χ3n) is 7.32. The quantitative estimate of drug-likeness (QED) is 0.186. The zero-order chi connectivity index (χ0) is 30.7. The number of ketones is 1. The van der Waals surface area contributed by atoms with Crippen molar-refractivity contribution >= 4 is 45.5 Å². The van der Waals surface area contributed by atoms with Gasteiger partial charge in [-0.3, -0.25) is 9.59 Å². The van der Waals surface area contributed by atoms with Crippen molar-refractivity contribution in [3.63, 3.8) is 0 Å². The molecule has 1 aliphatic rings. The normalized spacial score (nSPS) is 13.6. The zero-order valence-electron chi connectivity index (χ0n) is 24.0. The van der Waals surface area contributed by atoms with Crippen molar-refractivity contribution in [2.24, 2.45) is 0 Å². The van der Waals surface area contributed by atoms with E-state index in [2.05, 4.69) is 38.9 Å². The number of ether oxygens (including phenoxy) is 2. The molecular weight excluding hydrogens is 560 g/mol. The van der Waals surface area contributed by atoms with Crippen LogP contribution in [-0.4, -0.2) is 68.5 Å². The van der Waals surface area contributed by atoms with Crippen molar-refractivity contribution in [3.05, 3.63) is 78.2 Å². The molecule has 4 aromatic rings. The lowest BCUT2D eigenvalue weighted by Gasteiger charge is -2.35. The Morgan fingerprint density at radius 3 is 2.35 bits per heavy atom. The van der Waals surface area contributed by atoms with Crippen molar-refractivity contribution < 1.29 is 32.3 Å². The highest BCUT2D eigenvalue weighted by molar-refractivity contribution is 6.10. The number of rotatable bonds is 10. The summed E-state index contributed by atoms with van der Waals surface area (Å²) >= 11 is 0. The first-order chi connectivity index (χ1) is 20.8. The molecule has 0 radical (unpaired) electrons. The summed E-state index contributed by atoms with van der Waals surface area (Å²) in [5.41, 5.74) is 1.44. The van der Waals surface area contributed by atoms with Gasteiger partial charge in [-0.15, -0.1) is 0 Å². The third-order valence-corrected chi connectivity index (χ3v) is 7.32. The van der Waals surface area contributed by atoms with E-state index >= 15 is 0 Å². The minimum Gasteiger partial charge on any atom is -0.494 e.